The Hall–Kier alpha value is -1.46. The first-order chi connectivity index (χ1) is 10.1. The minimum Gasteiger partial charge on any atom is -0.373 e. The van der Waals surface area contributed by atoms with E-state index in [1.165, 1.54) is 6.07 Å². The average molecular weight is 293 g/mol. The summed E-state index contributed by atoms with van der Waals surface area (Å²) in [5.41, 5.74) is 0.904. The molecule has 0 radical (unpaired) electrons. The lowest BCUT2D eigenvalue weighted by Gasteiger charge is -2.39. The number of carbonyl (C=O) groups excluding carboxylic acids is 1. The summed E-state index contributed by atoms with van der Waals surface area (Å²) in [4.78, 5) is 12.2. The van der Waals surface area contributed by atoms with Crippen LogP contribution >= 0.6 is 0 Å². The van der Waals surface area contributed by atoms with E-state index in [-0.39, 0.29) is 30.0 Å². The first-order valence-electron chi connectivity index (χ1n) is 7.43. The Balaban J connectivity index is 1.61. The number of fused-ring (bicyclic) bond motifs is 1. The molecule has 0 spiro atoms. The second kappa shape index (κ2) is 6.12. The van der Waals surface area contributed by atoms with Gasteiger partial charge in [-0.2, -0.15) is 0 Å². The zero-order valence-corrected chi connectivity index (χ0v) is 12.1. The largest absolute Gasteiger partial charge is 0.373 e. The summed E-state index contributed by atoms with van der Waals surface area (Å²) in [6.45, 7) is 2.95. The average Bonchev–Trinajstić information content (AvgIpc) is 2.50. The van der Waals surface area contributed by atoms with Crippen LogP contribution in [0.1, 0.15) is 35.2 Å². The molecule has 1 aromatic carbocycles. The number of nitrogens with one attached hydrogen (secondary N) is 1. The van der Waals surface area contributed by atoms with Gasteiger partial charge in [-0.25, -0.2) is 4.39 Å². The third-order valence-electron chi connectivity index (χ3n) is 4.25. The molecule has 1 aromatic rings. The fourth-order valence-corrected chi connectivity index (χ4v) is 3.00. The Labute approximate surface area is 123 Å². The zero-order valence-electron chi connectivity index (χ0n) is 12.1. The van der Waals surface area contributed by atoms with Gasteiger partial charge in [0.25, 0.3) is 5.91 Å². The number of rotatable bonds is 2. The zero-order chi connectivity index (χ0) is 14.8. The van der Waals surface area contributed by atoms with Crippen molar-refractivity contribution in [3.8, 4) is 0 Å². The number of carbonyl (C=O) groups is 1. The number of ether oxygens (including phenoxy) is 2. The van der Waals surface area contributed by atoms with Crippen molar-refractivity contribution in [2.24, 2.45) is 0 Å². The molecule has 114 valence electrons. The van der Waals surface area contributed by atoms with Crippen LogP contribution in [-0.2, 0) is 9.47 Å². The predicted octanol–water partition coefficient (Wildman–Crippen LogP) is 2.20. The van der Waals surface area contributed by atoms with Gasteiger partial charge in [0.05, 0.1) is 25.4 Å². The summed E-state index contributed by atoms with van der Waals surface area (Å²) in [5.74, 6) is -0.579. The smallest absolute Gasteiger partial charge is 0.251 e. The van der Waals surface area contributed by atoms with Crippen molar-refractivity contribution in [2.45, 2.75) is 44.4 Å². The molecule has 4 nitrogen and oxygen atoms in total. The van der Waals surface area contributed by atoms with Crippen molar-refractivity contribution in [2.75, 3.05) is 13.2 Å². The van der Waals surface area contributed by atoms with Gasteiger partial charge < -0.3 is 14.8 Å². The number of aryl methyl sites for hydroxylation is 1. The van der Waals surface area contributed by atoms with Crippen LogP contribution in [0.15, 0.2) is 18.2 Å². The van der Waals surface area contributed by atoms with Gasteiger partial charge in [0.15, 0.2) is 0 Å². The summed E-state index contributed by atoms with van der Waals surface area (Å²) in [5, 5.41) is 2.97. The molecule has 3 atom stereocenters. The predicted molar refractivity (Wildman–Crippen MR) is 75.7 cm³/mol. The maximum absolute atomic E-state index is 13.5. The Morgan fingerprint density at radius 1 is 1.24 bits per heavy atom. The summed E-state index contributed by atoms with van der Waals surface area (Å²) in [7, 11) is 0. The Morgan fingerprint density at radius 2 is 2.00 bits per heavy atom. The van der Waals surface area contributed by atoms with Gasteiger partial charge in [0.1, 0.15) is 5.82 Å². The quantitative estimate of drug-likeness (QED) is 0.909. The van der Waals surface area contributed by atoms with Gasteiger partial charge >= 0.3 is 0 Å². The molecule has 1 N–H and O–H groups in total. The van der Waals surface area contributed by atoms with Gasteiger partial charge in [0, 0.05) is 11.6 Å². The van der Waals surface area contributed by atoms with Crippen molar-refractivity contribution in [1.82, 2.24) is 5.32 Å². The monoisotopic (exact) mass is 293 g/mol. The summed E-state index contributed by atoms with van der Waals surface area (Å²) in [6, 6.07) is 4.62. The van der Waals surface area contributed by atoms with Gasteiger partial charge in [-0.05, 0) is 43.9 Å². The van der Waals surface area contributed by atoms with E-state index in [9.17, 15) is 9.18 Å². The maximum Gasteiger partial charge on any atom is 0.251 e. The second-order valence-electron chi connectivity index (χ2n) is 5.77. The molecule has 3 unspecified atom stereocenters. The first kappa shape index (κ1) is 14.5. The van der Waals surface area contributed by atoms with Crippen LogP contribution in [-0.4, -0.2) is 37.4 Å². The topological polar surface area (TPSA) is 47.6 Å². The normalized spacial score (nSPS) is 28.8. The van der Waals surface area contributed by atoms with Crippen LogP contribution in [0.3, 0.4) is 0 Å². The van der Waals surface area contributed by atoms with E-state index in [4.69, 9.17) is 9.47 Å². The number of hydrogen-bond donors (Lipinski definition) is 1. The molecular formula is C16H20FNO3. The molecule has 1 saturated heterocycles. The fourth-order valence-electron chi connectivity index (χ4n) is 3.00. The van der Waals surface area contributed by atoms with E-state index in [0.29, 0.717) is 24.3 Å². The number of halogens is 1. The van der Waals surface area contributed by atoms with E-state index >= 15 is 0 Å². The van der Waals surface area contributed by atoms with E-state index in [1.54, 1.807) is 19.1 Å². The van der Waals surface area contributed by atoms with E-state index in [0.717, 1.165) is 19.3 Å². The summed E-state index contributed by atoms with van der Waals surface area (Å²) in [6.07, 6.45) is 2.73. The molecule has 0 aromatic heterocycles. The number of hydrogen-bond acceptors (Lipinski definition) is 3. The number of amides is 1. The van der Waals surface area contributed by atoms with Gasteiger partial charge in [-0.15, -0.1) is 0 Å². The SMILES string of the molecule is Cc1ccc(C(=O)NC2CCC3OCCOC3C2)cc1F. The van der Waals surface area contributed by atoms with Crippen LogP contribution in [0, 0.1) is 12.7 Å². The minimum atomic E-state index is -0.352. The summed E-state index contributed by atoms with van der Waals surface area (Å²) >= 11 is 0. The van der Waals surface area contributed by atoms with Gasteiger partial charge in [-0.1, -0.05) is 6.07 Å². The molecular weight excluding hydrogens is 273 g/mol. The molecule has 1 aliphatic heterocycles. The van der Waals surface area contributed by atoms with Crippen LogP contribution in [0.5, 0.6) is 0 Å². The number of benzene rings is 1. The van der Waals surface area contributed by atoms with Crippen LogP contribution in [0.4, 0.5) is 4.39 Å². The molecule has 3 rings (SSSR count). The van der Waals surface area contributed by atoms with E-state index in [1.807, 2.05) is 0 Å². The molecule has 0 bridgehead atoms. The van der Waals surface area contributed by atoms with Crippen LogP contribution in [0.2, 0.25) is 0 Å². The van der Waals surface area contributed by atoms with Crippen molar-refractivity contribution in [3.05, 3.63) is 35.1 Å². The molecule has 2 fully saturated rings. The minimum absolute atomic E-state index is 0.0600. The molecule has 21 heavy (non-hydrogen) atoms. The molecule has 1 aliphatic carbocycles. The van der Waals surface area contributed by atoms with Crippen LogP contribution in [0.25, 0.3) is 0 Å². The van der Waals surface area contributed by atoms with Crippen molar-refractivity contribution in [3.63, 3.8) is 0 Å². The van der Waals surface area contributed by atoms with Crippen LogP contribution < -0.4 is 5.32 Å². The van der Waals surface area contributed by atoms with Crippen molar-refractivity contribution >= 4 is 5.91 Å². The molecule has 2 aliphatic rings. The lowest BCUT2D eigenvalue weighted by Crippen LogP contribution is -2.49. The molecule has 5 heteroatoms. The highest BCUT2D eigenvalue weighted by atomic mass is 19.1. The second-order valence-corrected chi connectivity index (χ2v) is 5.77. The van der Waals surface area contributed by atoms with Crippen molar-refractivity contribution in [1.29, 1.82) is 0 Å². The highest BCUT2D eigenvalue weighted by molar-refractivity contribution is 5.94. The molecule has 1 amide bonds. The fraction of sp³-hybridized carbons (Fsp3) is 0.562. The van der Waals surface area contributed by atoms with E-state index in [2.05, 4.69) is 5.32 Å². The van der Waals surface area contributed by atoms with Crippen molar-refractivity contribution < 1.29 is 18.7 Å². The van der Waals surface area contributed by atoms with Gasteiger partial charge in [0.2, 0.25) is 0 Å². The lowest BCUT2D eigenvalue weighted by atomic mass is 9.89. The lowest BCUT2D eigenvalue weighted by molar-refractivity contribution is -0.157. The summed E-state index contributed by atoms with van der Waals surface area (Å²) < 4.78 is 24.9. The highest BCUT2D eigenvalue weighted by Crippen LogP contribution is 2.27. The first-order valence-corrected chi connectivity index (χ1v) is 7.43. The molecule has 1 heterocycles. The standard InChI is InChI=1S/C16H20FNO3/c1-10-2-3-11(8-13(10)17)16(19)18-12-4-5-14-15(9-12)21-7-6-20-14/h2-3,8,12,14-15H,4-7,9H2,1H3,(H,18,19). The van der Waals surface area contributed by atoms with Gasteiger partial charge in [-0.3, -0.25) is 4.79 Å². The third kappa shape index (κ3) is 3.24. The molecule has 1 saturated carbocycles. The van der Waals surface area contributed by atoms with E-state index < -0.39 is 0 Å². The Morgan fingerprint density at radius 3 is 2.76 bits per heavy atom. The Bertz CT molecular complexity index is 534. The highest BCUT2D eigenvalue weighted by Gasteiger charge is 2.34. The third-order valence-corrected chi connectivity index (χ3v) is 4.25. The Kier molecular flexibility index (Phi) is 4.22. The maximum atomic E-state index is 13.5.